The van der Waals surface area contributed by atoms with Gasteiger partial charge in [0.1, 0.15) is 8.07 Å². The van der Waals surface area contributed by atoms with Gasteiger partial charge in [0.15, 0.2) is 0 Å². The first-order valence-electron chi connectivity index (χ1n) is 15.8. The molecular weight excluding hydrogens is 521 g/mol. The number of fused-ring (bicyclic) bond motifs is 2. The summed E-state index contributed by atoms with van der Waals surface area (Å²) in [5.41, 5.74) is 14.4. The maximum atomic E-state index is 2.62. The quantitative estimate of drug-likeness (QED) is 0.211. The lowest BCUT2D eigenvalue weighted by Crippen LogP contribution is -2.35. The van der Waals surface area contributed by atoms with Gasteiger partial charge in [-0.25, -0.2) is 0 Å². The van der Waals surface area contributed by atoms with Crippen LogP contribution in [0.1, 0.15) is 81.8 Å². The molecule has 4 aromatic carbocycles. The van der Waals surface area contributed by atoms with Crippen LogP contribution in [0.25, 0.3) is 34.4 Å². The number of hydrogen-bond donors (Lipinski definition) is 0. The minimum atomic E-state index is -1.85. The van der Waals surface area contributed by atoms with E-state index in [0.717, 1.165) is 12.8 Å². The van der Waals surface area contributed by atoms with Crippen molar-refractivity contribution in [3.05, 3.63) is 129 Å². The van der Waals surface area contributed by atoms with Crippen LogP contribution in [0.3, 0.4) is 0 Å². The molecule has 2 aliphatic carbocycles. The molecule has 0 saturated carbocycles. The molecule has 0 atom stereocenters. The van der Waals surface area contributed by atoms with Crippen molar-refractivity contribution in [2.24, 2.45) is 0 Å². The third-order valence-electron chi connectivity index (χ3n) is 10.0. The van der Waals surface area contributed by atoms with Crippen LogP contribution >= 0.6 is 0 Å². The van der Waals surface area contributed by atoms with E-state index < -0.39 is 8.07 Å². The highest BCUT2D eigenvalue weighted by Gasteiger charge is 2.38. The molecule has 4 aromatic rings. The summed E-state index contributed by atoms with van der Waals surface area (Å²) in [6.07, 6.45) is 7.37. The molecule has 2 aliphatic rings. The Morgan fingerprint density at radius 3 is 1.26 bits per heavy atom. The molecule has 214 valence electrons. The van der Waals surface area contributed by atoms with Gasteiger partial charge in [-0.2, -0.15) is 0 Å². The molecule has 0 radical (unpaired) electrons. The molecule has 0 fully saturated rings. The Morgan fingerprint density at radius 2 is 0.929 bits per heavy atom. The van der Waals surface area contributed by atoms with Gasteiger partial charge < -0.3 is 0 Å². The average molecular weight is 567 g/mol. The predicted octanol–water partition coefficient (Wildman–Crippen LogP) is 11.4. The average Bonchev–Trinajstić information content (AvgIpc) is 3.61. The molecular formula is C41H46Si. The van der Waals surface area contributed by atoms with Crippen molar-refractivity contribution in [2.45, 2.75) is 84.7 Å². The molecule has 0 aromatic heterocycles. The van der Waals surface area contributed by atoms with Crippen molar-refractivity contribution in [1.82, 2.24) is 0 Å². The lowest BCUT2D eigenvalue weighted by atomic mass is 9.86. The molecule has 0 spiro atoms. The first-order chi connectivity index (χ1) is 19.9. The highest BCUT2D eigenvalue weighted by molar-refractivity contribution is 6.93. The summed E-state index contributed by atoms with van der Waals surface area (Å²) in [6.45, 7) is 18.8. The van der Waals surface area contributed by atoms with Gasteiger partial charge in [0.05, 0.1) is 0 Å². The van der Waals surface area contributed by atoms with Crippen molar-refractivity contribution in [1.29, 1.82) is 0 Å². The highest BCUT2D eigenvalue weighted by atomic mass is 28.3. The van der Waals surface area contributed by atoms with Crippen molar-refractivity contribution < 1.29 is 0 Å². The van der Waals surface area contributed by atoms with E-state index in [2.05, 4.69) is 152 Å². The Hall–Kier alpha value is -3.42. The third-order valence-corrected chi connectivity index (χ3v) is 14.9. The van der Waals surface area contributed by atoms with Crippen LogP contribution in [0.15, 0.2) is 95.3 Å². The number of allylic oxidation sites excluding steroid dienone is 2. The molecule has 6 rings (SSSR count). The van der Waals surface area contributed by atoms with Gasteiger partial charge in [0, 0.05) is 0 Å². The standard InChI is InChI=1S/C41H46Si/c1-9-42(8,34-24-30-12-10-14-36(38(30)26-34)28-16-20-32(21-17-28)40(2,3)4)35-25-31-13-11-15-37(39(31)27-35)29-18-22-33(23-19-29)41(5,6)7/h10-23,26-27H,9,24-25H2,1-8H3. The fraction of sp³-hybridized carbons (Fsp3) is 0.317. The van der Waals surface area contributed by atoms with E-state index >= 15 is 0 Å². The highest BCUT2D eigenvalue weighted by Crippen LogP contribution is 2.45. The summed E-state index contributed by atoms with van der Waals surface area (Å²) < 4.78 is 0. The lowest BCUT2D eigenvalue weighted by Gasteiger charge is -2.30. The molecule has 0 unspecified atom stereocenters. The predicted molar refractivity (Wildman–Crippen MR) is 187 cm³/mol. The van der Waals surface area contributed by atoms with Crippen LogP contribution in [0.2, 0.25) is 12.6 Å². The molecule has 0 heterocycles. The molecule has 0 bridgehead atoms. The smallest absolute Gasteiger partial charge is 0.0712 e. The van der Waals surface area contributed by atoms with Crippen molar-refractivity contribution in [2.75, 3.05) is 0 Å². The minimum absolute atomic E-state index is 0.168. The first-order valence-corrected chi connectivity index (χ1v) is 18.5. The van der Waals surface area contributed by atoms with Gasteiger partial charge in [-0.1, -0.05) is 169 Å². The summed E-state index contributed by atoms with van der Waals surface area (Å²) in [5.74, 6) is 0. The third kappa shape index (κ3) is 5.07. The number of hydrogen-bond acceptors (Lipinski definition) is 0. The Balaban J connectivity index is 1.35. The van der Waals surface area contributed by atoms with Crippen LogP contribution in [0.5, 0.6) is 0 Å². The molecule has 42 heavy (non-hydrogen) atoms. The summed E-state index contributed by atoms with van der Waals surface area (Å²) in [5, 5.41) is 3.38. The summed E-state index contributed by atoms with van der Waals surface area (Å²) >= 11 is 0. The van der Waals surface area contributed by atoms with Gasteiger partial charge in [-0.3, -0.25) is 0 Å². The Kier molecular flexibility index (Phi) is 7.09. The van der Waals surface area contributed by atoms with Gasteiger partial charge in [-0.15, -0.1) is 0 Å². The SMILES string of the molecule is CC[Si](C)(C1=Cc2c(cccc2-c2ccc(C(C)(C)C)cc2)C1)C1=Cc2c(cccc2-c2ccc(C(C)(C)C)cc2)C1. The molecule has 0 amide bonds. The second kappa shape index (κ2) is 10.4. The van der Waals surface area contributed by atoms with Gasteiger partial charge >= 0.3 is 0 Å². The monoisotopic (exact) mass is 566 g/mol. The van der Waals surface area contributed by atoms with Crippen LogP contribution in [-0.4, -0.2) is 8.07 Å². The van der Waals surface area contributed by atoms with E-state index in [0.29, 0.717) is 0 Å². The Morgan fingerprint density at radius 1 is 0.548 bits per heavy atom. The lowest BCUT2D eigenvalue weighted by molar-refractivity contribution is 0.590. The van der Waals surface area contributed by atoms with E-state index in [9.17, 15) is 0 Å². The van der Waals surface area contributed by atoms with E-state index in [-0.39, 0.29) is 10.8 Å². The maximum absolute atomic E-state index is 2.62. The van der Waals surface area contributed by atoms with Crippen molar-refractivity contribution in [3.63, 3.8) is 0 Å². The van der Waals surface area contributed by atoms with Crippen LogP contribution < -0.4 is 0 Å². The zero-order chi connectivity index (χ0) is 29.9. The summed E-state index contributed by atoms with van der Waals surface area (Å²) in [6, 6.07) is 33.6. The first kappa shape index (κ1) is 28.7. The number of rotatable bonds is 5. The van der Waals surface area contributed by atoms with Crippen molar-refractivity contribution in [3.8, 4) is 22.3 Å². The molecule has 0 nitrogen and oxygen atoms in total. The van der Waals surface area contributed by atoms with E-state index in [1.165, 1.54) is 61.7 Å². The summed E-state index contributed by atoms with van der Waals surface area (Å²) in [4.78, 5) is 0. The van der Waals surface area contributed by atoms with Crippen LogP contribution in [0.4, 0.5) is 0 Å². The maximum Gasteiger partial charge on any atom is 0.106 e. The topological polar surface area (TPSA) is 0 Å². The van der Waals surface area contributed by atoms with Gasteiger partial charge in [0.2, 0.25) is 0 Å². The molecule has 1 heteroatoms. The molecule has 0 N–H and O–H groups in total. The van der Waals surface area contributed by atoms with Crippen LogP contribution in [0, 0.1) is 0 Å². The zero-order valence-corrected chi connectivity index (χ0v) is 27.9. The van der Waals surface area contributed by atoms with Crippen molar-refractivity contribution >= 4 is 20.2 Å². The van der Waals surface area contributed by atoms with E-state index in [4.69, 9.17) is 0 Å². The van der Waals surface area contributed by atoms with Gasteiger partial charge in [0.25, 0.3) is 0 Å². The fourth-order valence-corrected chi connectivity index (χ4v) is 10.3. The Bertz CT molecular complexity index is 1570. The molecule has 0 aliphatic heterocycles. The van der Waals surface area contributed by atoms with E-state index in [1.54, 1.807) is 10.4 Å². The summed E-state index contributed by atoms with van der Waals surface area (Å²) in [7, 11) is -1.85. The van der Waals surface area contributed by atoms with Crippen LogP contribution in [-0.2, 0) is 23.7 Å². The fourth-order valence-electron chi connectivity index (χ4n) is 6.91. The normalized spacial score (nSPS) is 14.9. The largest absolute Gasteiger partial charge is 0.106 e. The minimum Gasteiger partial charge on any atom is -0.0712 e. The van der Waals surface area contributed by atoms with Gasteiger partial charge in [-0.05, 0) is 79.3 Å². The second-order valence-corrected chi connectivity index (χ2v) is 19.4. The second-order valence-electron chi connectivity index (χ2n) is 14.8. The Labute approximate surface area is 255 Å². The van der Waals surface area contributed by atoms with E-state index in [1.807, 2.05) is 0 Å². The molecule has 0 saturated heterocycles. The number of benzene rings is 4. The zero-order valence-electron chi connectivity index (χ0n) is 26.9.